The number of hydrogen-bond acceptors (Lipinski definition) is 5. The van der Waals surface area contributed by atoms with E-state index in [1.165, 1.54) is 6.26 Å². The second-order valence-corrected chi connectivity index (χ2v) is 7.99. The van der Waals surface area contributed by atoms with Crippen LogP contribution in [0.1, 0.15) is 32.4 Å². The molecule has 7 heteroatoms. The number of likely N-dealkylation sites (tertiary alicyclic amines) is 1. The van der Waals surface area contributed by atoms with Crippen LogP contribution in [-0.2, 0) is 20.9 Å². The van der Waals surface area contributed by atoms with E-state index < -0.39 is 17.4 Å². The Bertz CT molecular complexity index is 742. The van der Waals surface area contributed by atoms with Crippen molar-refractivity contribution < 1.29 is 18.8 Å². The van der Waals surface area contributed by atoms with Gasteiger partial charge in [0, 0.05) is 19.7 Å². The average molecular weight is 373 g/mol. The molecule has 1 aromatic heterocycles. The van der Waals surface area contributed by atoms with E-state index in [2.05, 4.69) is 19.0 Å². The monoisotopic (exact) mass is 373 g/mol. The van der Waals surface area contributed by atoms with E-state index in [-0.39, 0.29) is 17.9 Å². The molecule has 7 nitrogen and oxygen atoms in total. The quantitative estimate of drug-likeness (QED) is 0.682. The van der Waals surface area contributed by atoms with Gasteiger partial charge in [0.05, 0.1) is 31.0 Å². The molecule has 1 spiro atoms. The zero-order valence-corrected chi connectivity index (χ0v) is 16.1. The van der Waals surface area contributed by atoms with Crippen LogP contribution in [0.3, 0.4) is 0 Å². The molecule has 0 unspecified atom stereocenters. The van der Waals surface area contributed by atoms with Gasteiger partial charge in [0.1, 0.15) is 17.6 Å². The van der Waals surface area contributed by atoms with E-state index in [4.69, 9.17) is 9.26 Å². The zero-order valence-electron chi connectivity index (χ0n) is 16.1. The molecule has 0 radical (unpaired) electrons. The van der Waals surface area contributed by atoms with Crippen LogP contribution in [0.4, 0.5) is 0 Å². The highest BCUT2D eigenvalue weighted by molar-refractivity contribution is 5.93. The van der Waals surface area contributed by atoms with Crippen molar-refractivity contribution in [2.45, 2.75) is 44.9 Å². The van der Waals surface area contributed by atoms with E-state index in [1.807, 2.05) is 17.1 Å². The summed E-state index contributed by atoms with van der Waals surface area (Å²) in [6.07, 6.45) is 7.22. The maximum Gasteiger partial charge on any atom is 0.230 e. The van der Waals surface area contributed by atoms with Gasteiger partial charge in [0.25, 0.3) is 0 Å². The molecule has 2 amide bonds. The largest absolute Gasteiger partial charge is 0.364 e. The zero-order chi connectivity index (χ0) is 19.2. The third kappa shape index (κ3) is 2.88. The predicted octanol–water partition coefficient (Wildman–Crippen LogP) is 1.85. The Kier molecular flexibility index (Phi) is 4.58. The summed E-state index contributed by atoms with van der Waals surface area (Å²) in [5.74, 6) is -0.423. The summed E-state index contributed by atoms with van der Waals surface area (Å²) in [4.78, 5) is 29.9. The fraction of sp³-hybridized carbons (Fsp3) is 0.650. The normalized spacial score (nSPS) is 31.2. The lowest BCUT2D eigenvalue weighted by Gasteiger charge is -2.27. The number of hydrogen-bond donors (Lipinski definition) is 0. The number of fused-ring (bicyclic) bond motifs is 1. The van der Waals surface area contributed by atoms with Crippen molar-refractivity contribution in [1.29, 1.82) is 0 Å². The minimum absolute atomic E-state index is 0.0573. The van der Waals surface area contributed by atoms with E-state index in [9.17, 15) is 9.59 Å². The minimum Gasteiger partial charge on any atom is -0.364 e. The topological polar surface area (TPSA) is 75.9 Å². The van der Waals surface area contributed by atoms with Crippen molar-refractivity contribution in [3.63, 3.8) is 0 Å². The fourth-order valence-electron chi connectivity index (χ4n) is 4.77. The molecule has 4 heterocycles. The summed E-state index contributed by atoms with van der Waals surface area (Å²) < 4.78 is 11.0. The van der Waals surface area contributed by atoms with Gasteiger partial charge in [-0.3, -0.25) is 9.59 Å². The first-order valence-electron chi connectivity index (χ1n) is 9.79. The lowest BCUT2D eigenvalue weighted by molar-refractivity contribution is -0.143. The van der Waals surface area contributed by atoms with Crippen LogP contribution in [0, 0.1) is 17.8 Å². The number of nitrogens with zero attached hydrogens (tertiary/aromatic N) is 3. The Hall–Kier alpha value is -2.15. The molecule has 4 rings (SSSR count). The second kappa shape index (κ2) is 6.78. The highest BCUT2D eigenvalue weighted by Crippen LogP contribution is 2.52. The molecule has 0 aromatic carbocycles. The molecular formula is C20H27N3O4. The maximum absolute atomic E-state index is 13.2. The van der Waals surface area contributed by atoms with Gasteiger partial charge < -0.3 is 19.1 Å². The molecular weight excluding hydrogens is 346 g/mol. The average Bonchev–Trinajstić information content (AvgIpc) is 3.42. The van der Waals surface area contributed by atoms with Crippen molar-refractivity contribution in [3.8, 4) is 0 Å². The SMILES string of the molecule is CCC(CC)CN1C[C@]23C=C[C@H](O2)[C@@H](C(=O)N(C)Cc2ccon2)[C@H]3C1=O. The van der Waals surface area contributed by atoms with E-state index in [0.717, 1.165) is 19.4 Å². The molecule has 3 aliphatic rings. The number of carbonyl (C=O) groups is 2. The fourth-order valence-corrected chi connectivity index (χ4v) is 4.77. The highest BCUT2D eigenvalue weighted by atomic mass is 16.5. The number of ether oxygens (including phenoxy) is 1. The molecule has 0 aliphatic carbocycles. The Morgan fingerprint density at radius 1 is 1.44 bits per heavy atom. The first-order valence-corrected chi connectivity index (χ1v) is 9.79. The highest BCUT2D eigenvalue weighted by Gasteiger charge is 2.67. The Morgan fingerprint density at radius 2 is 2.22 bits per heavy atom. The van der Waals surface area contributed by atoms with Gasteiger partial charge in [-0.15, -0.1) is 0 Å². The van der Waals surface area contributed by atoms with Crippen molar-refractivity contribution in [1.82, 2.24) is 15.0 Å². The van der Waals surface area contributed by atoms with Crippen molar-refractivity contribution in [2.24, 2.45) is 17.8 Å². The molecule has 146 valence electrons. The second-order valence-electron chi connectivity index (χ2n) is 7.99. The maximum atomic E-state index is 13.2. The minimum atomic E-state index is -0.636. The van der Waals surface area contributed by atoms with Gasteiger partial charge in [-0.2, -0.15) is 0 Å². The van der Waals surface area contributed by atoms with Crippen molar-refractivity contribution in [2.75, 3.05) is 20.1 Å². The summed E-state index contributed by atoms with van der Waals surface area (Å²) in [5, 5.41) is 3.87. The van der Waals surface area contributed by atoms with E-state index in [0.29, 0.717) is 24.7 Å². The Labute approximate surface area is 159 Å². The third-order valence-electron chi connectivity index (χ3n) is 6.36. The van der Waals surface area contributed by atoms with E-state index >= 15 is 0 Å². The standard InChI is InChI=1S/C20H27N3O4/c1-4-13(5-2)10-23-12-20-8-6-15(27-20)16(17(20)19(23)25)18(24)22(3)11-14-7-9-26-21-14/h6-9,13,15-17H,4-5,10-12H2,1-3H3/t15-,16+,17-,20-/m0/s1. The van der Waals surface area contributed by atoms with Crippen LogP contribution >= 0.6 is 0 Å². The molecule has 4 atom stereocenters. The van der Waals surface area contributed by atoms with Crippen LogP contribution in [0.15, 0.2) is 29.0 Å². The number of rotatable bonds is 7. The number of amides is 2. The van der Waals surface area contributed by atoms with Gasteiger partial charge in [0.15, 0.2) is 0 Å². The van der Waals surface area contributed by atoms with Crippen LogP contribution in [0.2, 0.25) is 0 Å². The number of aromatic nitrogens is 1. The van der Waals surface area contributed by atoms with E-state index in [1.54, 1.807) is 18.0 Å². The molecule has 0 N–H and O–H groups in total. The Balaban J connectivity index is 1.53. The number of carbonyl (C=O) groups excluding carboxylic acids is 2. The van der Waals surface area contributed by atoms with Gasteiger partial charge in [-0.1, -0.05) is 44.0 Å². The third-order valence-corrected chi connectivity index (χ3v) is 6.36. The molecule has 2 saturated heterocycles. The molecule has 2 bridgehead atoms. The first kappa shape index (κ1) is 18.2. The summed E-state index contributed by atoms with van der Waals surface area (Å²) in [5.41, 5.74) is 0.0522. The molecule has 1 aromatic rings. The van der Waals surface area contributed by atoms with Crippen LogP contribution in [-0.4, -0.2) is 58.6 Å². The van der Waals surface area contributed by atoms with Crippen LogP contribution in [0.25, 0.3) is 0 Å². The van der Waals surface area contributed by atoms with Gasteiger partial charge in [-0.25, -0.2) is 0 Å². The lowest BCUT2D eigenvalue weighted by Crippen LogP contribution is -2.44. The first-order chi connectivity index (χ1) is 13.0. The summed E-state index contributed by atoms with van der Waals surface area (Å²) >= 11 is 0. The van der Waals surface area contributed by atoms with Crippen LogP contribution < -0.4 is 0 Å². The van der Waals surface area contributed by atoms with Gasteiger partial charge >= 0.3 is 0 Å². The summed E-state index contributed by atoms with van der Waals surface area (Å²) in [6, 6.07) is 1.74. The summed E-state index contributed by atoms with van der Waals surface area (Å²) in [7, 11) is 1.74. The van der Waals surface area contributed by atoms with Gasteiger partial charge in [0.2, 0.25) is 11.8 Å². The predicted molar refractivity (Wildman–Crippen MR) is 97.4 cm³/mol. The molecule has 27 heavy (non-hydrogen) atoms. The lowest BCUT2D eigenvalue weighted by atomic mass is 9.76. The van der Waals surface area contributed by atoms with Crippen molar-refractivity contribution >= 4 is 11.8 Å². The molecule has 0 saturated carbocycles. The van der Waals surface area contributed by atoms with Crippen LogP contribution in [0.5, 0.6) is 0 Å². The Morgan fingerprint density at radius 3 is 2.89 bits per heavy atom. The smallest absolute Gasteiger partial charge is 0.230 e. The summed E-state index contributed by atoms with van der Waals surface area (Å²) in [6.45, 7) is 5.95. The van der Waals surface area contributed by atoms with Gasteiger partial charge in [-0.05, 0) is 5.92 Å². The van der Waals surface area contributed by atoms with Crippen molar-refractivity contribution in [3.05, 3.63) is 30.2 Å². The molecule has 3 aliphatic heterocycles. The molecule has 2 fully saturated rings.